The number of aliphatic hydroxyl groups excluding tert-OH is 1. The van der Waals surface area contributed by atoms with Crippen molar-refractivity contribution in [2.24, 2.45) is 0 Å². The third-order valence-electron chi connectivity index (χ3n) is 4.82. The van der Waals surface area contributed by atoms with Gasteiger partial charge in [0.1, 0.15) is 5.82 Å². The Bertz CT molecular complexity index is 872. The second-order valence-electron chi connectivity index (χ2n) is 6.81. The summed E-state index contributed by atoms with van der Waals surface area (Å²) in [5, 5.41) is 12.1. The Morgan fingerprint density at radius 1 is 1.29 bits per heavy atom. The monoisotopic (exact) mass is 385 g/mol. The molecular formula is C21H24FN3O3. The molecular weight excluding hydrogens is 361 g/mol. The molecule has 2 N–H and O–H groups in total. The van der Waals surface area contributed by atoms with Crippen molar-refractivity contribution in [2.75, 3.05) is 29.9 Å². The lowest BCUT2D eigenvalue weighted by molar-refractivity contribution is -0.117. The van der Waals surface area contributed by atoms with Crippen molar-refractivity contribution in [1.29, 1.82) is 0 Å². The Balaban J connectivity index is 1.77. The number of halogens is 1. The first-order valence-electron chi connectivity index (χ1n) is 9.31. The van der Waals surface area contributed by atoms with Gasteiger partial charge in [-0.25, -0.2) is 9.18 Å². The molecule has 7 heteroatoms. The van der Waals surface area contributed by atoms with E-state index in [1.54, 1.807) is 29.2 Å². The summed E-state index contributed by atoms with van der Waals surface area (Å²) < 4.78 is 13.9. The SMILES string of the molecule is Cc1ccc(N2CCCC2=O)cc1NC(=O)N(CCO)Cc1ccccc1F. The number of rotatable bonds is 6. The van der Waals surface area contributed by atoms with E-state index >= 15 is 0 Å². The standard InChI is InChI=1S/C21H24FN3O3/c1-15-8-9-17(25-10-4-7-20(25)27)13-19(15)23-21(28)24(11-12-26)14-16-5-2-3-6-18(16)22/h2-3,5-6,8-9,13,26H,4,7,10-12,14H2,1H3,(H,23,28). The van der Waals surface area contributed by atoms with E-state index in [2.05, 4.69) is 5.32 Å². The van der Waals surface area contributed by atoms with Gasteiger partial charge in [-0.15, -0.1) is 0 Å². The van der Waals surface area contributed by atoms with Crippen LogP contribution in [-0.2, 0) is 11.3 Å². The van der Waals surface area contributed by atoms with E-state index in [0.717, 1.165) is 17.7 Å². The molecule has 1 aliphatic heterocycles. The molecule has 1 heterocycles. The molecule has 0 saturated carbocycles. The number of hydrogen-bond donors (Lipinski definition) is 2. The molecule has 148 valence electrons. The lowest BCUT2D eigenvalue weighted by Gasteiger charge is -2.24. The molecule has 0 bridgehead atoms. The van der Waals surface area contributed by atoms with Crippen LogP contribution in [0.5, 0.6) is 0 Å². The molecule has 2 aromatic carbocycles. The van der Waals surface area contributed by atoms with Gasteiger partial charge in [-0.2, -0.15) is 0 Å². The van der Waals surface area contributed by atoms with Gasteiger partial charge < -0.3 is 20.2 Å². The highest BCUT2D eigenvalue weighted by Crippen LogP contribution is 2.27. The smallest absolute Gasteiger partial charge is 0.322 e. The summed E-state index contributed by atoms with van der Waals surface area (Å²) in [5.41, 5.74) is 2.54. The van der Waals surface area contributed by atoms with Crippen molar-refractivity contribution < 1.29 is 19.1 Å². The normalized spacial score (nSPS) is 13.7. The third-order valence-corrected chi connectivity index (χ3v) is 4.82. The van der Waals surface area contributed by atoms with Gasteiger partial charge in [-0.05, 0) is 37.1 Å². The lowest BCUT2D eigenvalue weighted by Crippen LogP contribution is -2.37. The molecule has 1 fully saturated rings. The van der Waals surface area contributed by atoms with Crippen molar-refractivity contribution in [3.05, 3.63) is 59.4 Å². The Labute approximate surface area is 163 Å². The summed E-state index contributed by atoms with van der Waals surface area (Å²) in [6.07, 6.45) is 1.35. The van der Waals surface area contributed by atoms with Crippen LogP contribution in [-0.4, -0.2) is 41.6 Å². The van der Waals surface area contributed by atoms with Gasteiger partial charge in [0.25, 0.3) is 0 Å². The van der Waals surface area contributed by atoms with Crippen LogP contribution in [0.15, 0.2) is 42.5 Å². The molecule has 0 aliphatic carbocycles. The average molecular weight is 385 g/mol. The predicted molar refractivity (Wildman–Crippen MR) is 106 cm³/mol. The predicted octanol–water partition coefficient (Wildman–Crippen LogP) is 3.29. The first-order chi connectivity index (χ1) is 13.5. The van der Waals surface area contributed by atoms with Gasteiger partial charge in [-0.1, -0.05) is 24.3 Å². The zero-order valence-electron chi connectivity index (χ0n) is 15.8. The molecule has 0 spiro atoms. The van der Waals surface area contributed by atoms with E-state index in [-0.39, 0.29) is 25.6 Å². The van der Waals surface area contributed by atoms with Crippen molar-refractivity contribution in [1.82, 2.24) is 4.90 Å². The van der Waals surface area contributed by atoms with E-state index in [4.69, 9.17) is 0 Å². The minimum Gasteiger partial charge on any atom is -0.395 e. The van der Waals surface area contributed by atoms with Crippen molar-refractivity contribution in [3.8, 4) is 0 Å². The van der Waals surface area contributed by atoms with Gasteiger partial charge in [0.15, 0.2) is 0 Å². The number of benzene rings is 2. The van der Waals surface area contributed by atoms with E-state index in [1.807, 2.05) is 19.1 Å². The maximum absolute atomic E-state index is 13.9. The number of aryl methyl sites for hydroxylation is 1. The first kappa shape index (κ1) is 19.8. The van der Waals surface area contributed by atoms with Crippen molar-refractivity contribution in [2.45, 2.75) is 26.3 Å². The number of hydrogen-bond acceptors (Lipinski definition) is 3. The summed E-state index contributed by atoms with van der Waals surface area (Å²) in [5.74, 6) is -0.327. The van der Waals surface area contributed by atoms with Gasteiger partial charge in [0.05, 0.1) is 13.2 Å². The molecule has 28 heavy (non-hydrogen) atoms. The summed E-state index contributed by atoms with van der Waals surface area (Å²) in [6.45, 7) is 2.41. The number of urea groups is 1. The van der Waals surface area contributed by atoms with Crippen LogP contribution in [0.1, 0.15) is 24.0 Å². The summed E-state index contributed by atoms with van der Waals surface area (Å²) in [7, 11) is 0. The number of carbonyl (C=O) groups is 2. The first-order valence-corrected chi connectivity index (χ1v) is 9.31. The Hall–Kier alpha value is -2.93. The number of amides is 3. The topological polar surface area (TPSA) is 72.9 Å². The number of aliphatic hydroxyl groups is 1. The van der Waals surface area contributed by atoms with Gasteiger partial charge in [0.2, 0.25) is 5.91 Å². The van der Waals surface area contributed by atoms with Crippen LogP contribution < -0.4 is 10.2 Å². The molecule has 2 aromatic rings. The highest BCUT2D eigenvalue weighted by Gasteiger charge is 2.23. The van der Waals surface area contributed by atoms with Crippen molar-refractivity contribution in [3.63, 3.8) is 0 Å². The van der Waals surface area contributed by atoms with Crippen LogP contribution in [0.2, 0.25) is 0 Å². The quantitative estimate of drug-likeness (QED) is 0.801. The summed E-state index contributed by atoms with van der Waals surface area (Å²) >= 11 is 0. The number of anilines is 2. The molecule has 0 aromatic heterocycles. The molecule has 3 rings (SSSR count). The van der Waals surface area contributed by atoms with Crippen molar-refractivity contribution >= 4 is 23.3 Å². The molecule has 0 unspecified atom stereocenters. The van der Waals surface area contributed by atoms with E-state index < -0.39 is 11.8 Å². The van der Waals surface area contributed by atoms with Crippen LogP contribution >= 0.6 is 0 Å². The number of nitrogens with zero attached hydrogens (tertiary/aromatic N) is 2. The Kier molecular flexibility index (Phi) is 6.26. The zero-order valence-corrected chi connectivity index (χ0v) is 15.8. The Morgan fingerprint density at radius 3 is 2.75 bits per heavy atom. The minimum absolute atomic E-state index is 0.0441. The molecule has 1 saturated heterocycles. The fraction of sp³-hybridized carbons (Fsp3) is 0.333. The second kappa shape index (κ2) is 8.84. The maximum Gasteiger partial charge on any atom is 0.322 e. The molecule has 0 radical (unpaired) electrons. The Morgan fingerprint density at radius 2 is 2.07 bits per heavy atom. The largest absolute Gasteiger partial charge is 0.395 e. The molecule has 6 nitrogen and oxygen atoms in total. The van der Waals surface area contributed by atoms with Crippen LogP contribution in [0.25, 0.3) is 0 Å². The minimum atomic E-state index is -0.440. The van der Waals surface area contributed by atoms with Gasteiger partial charge in [0, 0.05) is 36.4 Å². The molecule has 1 aliphatic rings. The zero-order chi connectivity index (χ0) is 20.1. The van der Waals surface area contributed by atoms with E-state index in [9.17, 15) is 19.1 Å². The summed E-state index contributed by atoms with van der Waals surface area (Å²) in [4.78, 5) is 27.8. The molecule has 0 atom stereocenters. The number of nitrogens with one attached hydrogen (secondary N) is 1. The average Bonchev–Trinajstić information content (AvgIpc) is 3.10. The van der Waals surface area contributed by atoms with Gasteiger partial charge >= 0.3 is 6.03 Å². The lowest BCUT2D eigenvalue weighted by atomic mass is 10.1. The fourth-order valence-corrected chi connectivity index (χ4v) is 3.23. The van der Waals surface area contributed by atoms with E-state index in [1.165, 1.54) is 11.0 Å². The second-order valence-corrected chi connectivity index (χ2v) is 6.81. The van der Waals surface area contributed by atoms with Gasteiger partial charge in [-0.3, -0.25) is 4.79 Å². The fourth-order valence-electron chi connectivity index (χ4n) is 3.23. The number of carbonyl (C=O) groups excluding carboxylic acids is 2. The maximum atomic E-state index is 13.9. The van der Waals surface area contributed by atoms with Crippen LogP contribution in [0.3, 0.4) is 0 Å². The van der Waals surface area contributed by atoms with Crippen LogP contribution in [0.4, 0.5) is 20.6 Å². The highest BCUT2D eigenvalue weighted by molar-refractivity contribution is 5.97. The molecule has 3 amide bonds. The third kappa shape index (κ3) is 4.48. The van der Waals surface area contributed by atoms with Crippen LogP contribution in [0, 0.1) is 12.7 Å². The summed E-state index contributed by atoms with van der Waals surface area (Å²) in [6, 6.07) is 11.3. The highest BCUT2D eigenvalue weighted by atomic mass is 19.1. The van der Waals surface area contributed by atoms with E-state index in [0.29, 0.717) is 24.2 Å².